The number of hydrogen-bond acceptors (Lipinski definition) is 2. The average molecular weight is 237 g/mol. The van der Waals surface area contributed by atoms with E-state index in [0.29, 0.717) is 18.9 Å². The van der Waals surface area contributed by atoms with Crippen molar-refractivity contribution in [2.75, 3.05) is 0 Å². The molecular formula is C13H23N3O. The van der Waals surface area contributed by atoms with Crippen LogP contribution >= 0.6 is 0 Å². The summed E-state index contributed by atoms with van der Waals surface area (Å²) in [6.07, 6.45) is 5.08. The van der Waals surface area contributed by atoms with Gasteiger partial charge in [-0.05, 0) is 17.8 Å². The average Bonchev–Trinajstić information content (AvgIpc) is 2.63. The molecular weight excluding hydrogens is 214 g/mol. The molecule has 1 unspecified atom stereocenters. The fraction of sp³-hybridized carbons (Fsp3) is 0.692. The first-order valence-corrected chi connectivity index (χ1v) is 6.12. The highest BCUT2D eigenvalue weighted by atomic mass is 16.1. The van der Waals surface area contributed by atoms with Crippen molar-refractivity contribution in [2.24, 2.45) is 11.3 Å². The van der Waals surface area contributed by atoms with Gasteiger partial charge in [0.2, 0.25) is 5.91 Å². The summed E-state index contributed by atoms with van der Waals surface area (Å²) in [5.74, 6) is 1.30. The van der Waals surface area contributed by atoms with E-state index in [1.165, 1.54) is 0 Å². The van der Waals surface area contributed by atoms with Gasteiger partial charge in [0, 0.05) is 18.8 Å². The molecule has 1 amide bonds. The van der Waals surface area contributed by atoms with Crippen LogP contribution in [0.1, 0.15) is 46.4 Å². The van der Waals surface area contributed by atoms with Crippen LogP contribution in [0.4, 0.5) is 0 Å². The molecule has 0 aliphatic rings. The third-order valence-corrected chi connectivity index (χ3v) is 2.50. The molecule has 0 fully saturated rings. The highest BCUT2D eigenvalue weighted by Crippen LogP contribution is 2.25. The number of rotatable bonds is 5. The summed E-state index contributed by atoms with van der Waals surface area (Å²) in [6.45, 7) is 9.20. The molecule has 1 heterocycles. The van der Waals surface area contributed by atoms with E-state index in [4.69, 9.17) is 0 Å². The summed E-state index contributed by atoms with van der Waals surface area (Å²) >= 11 is 0. The van der Waals surface area contributed by atoms with Gasteiger partial charge in [0.05, 0.1) is 6.54 Å². The van der Waals surface area contributed by atoms with Crippen molar-refractivity contribution in [3.05, 3.63) is 18.2 Å². The van der Waals surface area contributed by atoms with Gasteiger partial charge < -0.3 is 10.3 Å². The van der Waals surface area contributed by atoms with Crippen LogP contribution in [0.2, 0.25) is 0 Å². The summed E-state index contributed by atoms with van der Waals surface area (Å²) in [5.41, 5.74) is 0.278. The van der Waals surface area contributed by atoms with E-state index in [2.05, 4.69) is 43.0 Å². The number of carbonyl (C=O) groups is 1. The topological polar surface area (TPSA) is 57.8 Å². The van der Waals surface area contributed by atoms with Crippen molar-refractivity contribution in [1.29, 1.82) is 0 Å². The fourth-order valence-corrected chi connectivity index (χ4v) is 2.08. The quantitative estimate of drug-likeness (QED) is 0.826. The van der Waals surface area contributed by atoms with E-state index in [9.17, 15) is 4.79 Å². The minimum atomic E-state index is 0.0955. The first-order valence-electron chi connectivity index (χ1n) is 6.12. The number of hydrogen-bond donors (Lipinski definition) is 2. The second-order valence-corrected chi connectivity index (χ2v) is 5.89. The highest BCUT2D eigenvalue weighted by molar-refractivity contribution is 5.75. The maximum Gasteiger partial charge on any atom is 0.220 e. The van der Waals surface area contributed by atoms with Gasteiger partial charge in [0.15, 0.2) is 0 Å². The molecule has 0 aliphatic heterocycles. The van der Waals surface area contributed by atoms with Crippen LogP contribution in [0, 0.1) is 11.3 Å². The third kappa shape index (κ3) is 6.09. The maximum atomic E-state index is 11.7. The number of nitrogens with one attached hydrogen (secondary N) is 2. The molecule has 96 valence electrons. The Labute approximate surface area is 103 Å². The van der Waals surface area contributed by atoms with E-state index < -0.39 is 0 Å². The number of amides is 1. The number of carbonyl (C=O) groups excluding carboxylic acids is 1. The summed E-state index contributed by atoms with van der Waals surface area (Å²) in [7, 11) is 0. The van der Waals surface area contributed by atoms with Gasteiger partial charge in [-0.15, -0.1) is 0 Å². The number of aromatic amines is 1. The molecule has 0 aliphatic carbocycles. The molecule has 1 aromatic heterocycles. The van der Waals surface area contributed by atoms with Gasteiger partial charge in [-0.2, -0.15) is 0 Å². The first-order chi connectivity index (χ1) is 7.87. The molecule has 0 radical (unpaired) electrons. The lowest BCUT2D eigenvalue weighted by Crippen LogP contribution is -2.26. The molecule has 0 bridgehead atoms. The summed E-state index contributed by atoms with van der Waals surface area (Å²) in [4.78, 5) is 18.7. The van der Waals surface area contributed by atoms with E-state index in [0.717, 1.165) is 12.2 Å². The normalized spacial score (nSPS) is 13.4. The monoisotopic (exact) mass is 237 g/mol. The largest absolute Gasteiger partial charge is 0.349 e. The molecule has 4 nitrogen and oxygen atoms in total. The highest BCUT2D eigenvalue weighted by Gasteiger charge is 2.17. The standard InChI is InChI=1S/C13H23N3O/c1-10(8-13(2,3)4)7-12(17)16-9-11-14-5-6-15-11/h5-6,10H,7-9H2,1-4H3,(H,14,15)(H,16,17). The van der Waals surface area contributed by atoms with Gasteiger partial charge >= 0.3 is 0 Å². The van der Waals surface area contributed by atoms with Crippen molar-refractivity contribution in [2.45, 2.75) is 47.1 Å². The number of H-pyrrole nitrogens is 1. The Kier molecular flexibility index (Phi) is 4.73. The first kappa shape index (κ1) is 13.7. The molecule has 1 aromatic rings. The Bertz CT molecular complexity index is 338. The summed E-state index contributed by atoms with van der Waals surface area (Å²) in [6, 6.07) is 0. The molecule has 1 rings (SSSR count). The van der Waals surface area contributed by atoms with Crippen molar-refractivity contribution >= 4 is 5.91 Å². The molecule has 0 aromatic carbocycles. The van der Waals surface area contributed by atoms with Crippen molar-refractivity contribution in [3.63, 3.8) is 0 Å². The Morgan fingerprint density at radius 3 is 2.76 bits per heavy atom. The molecule has 1 atom stereocenters. The van der Waals surface area contributed by atoms with Gasteiger partial charge in [-0.1, -0.05) is 27.7 Å². The zero-order valence-electron chi connectivity index (χ0n) is 11.2. The minimum absolute atomic E-state index is 0.0955. The maximum absolute atomic E-state index is 11.7. The van der Waals surface area contributed by atoms with E-state index in [1.54, 1.807) is 12.4 Å². The third-order valence-electron chi connectivity index (χ3n) is 2.50. The van der Waals surface area contributed by atoms with Crippen LogP contribution in [-0.2, 0) is 11.3 Å². The second-order valence-electron chi connectivity index (χ2n) is 5.89. The summed E-state index contributed by atoms with van der Waals surface area (Å²) in [5, 5.41) is 2.87. The summed E-state index contributed by atoms with van der Waals surface area (Å²) < 4.78 is 0. The molecule has 0 saturated heterocycles. The van der Waals surface area contributed by atoms with Crippen LogP contribution < -0.4 is 5.32 Å². The molecule has 0 saturated carbocycles. The Balaban J connectivity index is 2.25. The minimum Gasteiger partial charge on any atom is -0.349 e. The Morgan fingerprint density at radius 1 is 1.53 bits per heavy atom. The smallest absolute Gasteiger partial charge is 0.220 e. The SMILES string of the molecule is CC(CC(=O)NCc1ncc[nH]1)CC(C)(C)C. The Morgan fingerprint density at radius 2 is 2.24 bits per heavy atom. The lowest BCUT2D eigenvalue weighted by molar-refractivity contribution is -0.122. The van der Waals surface area contributed by atoms with Crippen molar-refractivity contribution < 1.29 is 4.79 Å². The van der Waals surface area contributed by atoms with Gasteiger partial charge in [0.25, 0.3) is 0 Å². The predicted molar refractivity (Wildman–Crippen MR) is 68.3 cm³/mol. The number of aromatic nitrogens is 2. The van der Waals surface area contributed by atoms with E-state index in [1.807, 2.05) is 0 Å². The lowest BCUT2D eigenvalue weighted by atomic mass is 9.84. The van der Waals surface area contributed by atoms with Crippen LogP contribution in [0.3, 0.4) is 0 Å². The van der Waals surface area contributed by atoms with E-state index >= 15 is 0 Å². The number of imidazole rings is 1. The molecule has 2 N–H and O–H groups in total. The fourth-order valence-electron chi connectivity index (χ4n) is 2.08. The van der Waals surface area contributed by atoms with Gasteiger partial charge in [-0.3, -0.25) is 4.79 Å². The molecule has 4 heteroatoms. The van der Waals surface area contributed by atoms with Crippen LogP contribution in [0.15, 0.2) is 12.4 Å². The zero-order valence-corrected chi connectivity index (χ0v) is 11.2. The lowest BCUT2D eigenvalue weighted by Gasteiger charge is -2.22. The molecule has 17 heavy (non-hydrogen) atoms. The molecule has 0 spiro atoms. The van der Waals surface area contributed by atoms with Crippen LogP contribution in [0.5, 0.6) is 0 Å². The zero-order chi connectivity index (χ0) is 12.9. The van der Waals surface area contributed by atoms with Gasteiger partial charge in [0.1, 0.15) is 5.82 Å². The predicted octanol–water partition coefficient (Wildman–Crippen LogP) is 2.49. The van der Waals surface area contributed by atoms with Crippen LogP contribution in [-0.4, -0.2) is 15.9 Å². The second kappa shape index (κ2) is 5.84. The Hall–Kier alpha value is -1.32. The van der Waals surface area contributed by atoms with Gasteiger partial charge in [-0.25, -0.2) is 4.98 Å². The number of nitrogens with zero attached hydrogens (tertiary/aromatic N) is 1. The van der Waals surface area contributed by atoms with Crippen molar-refractivity contribution in [3.8, 4) is 0 Å². The van der Waals surface area contributed by atoms with E-state index in [-0.39, 0.29) is 11.3 Å². The van der Waals surface area contributed by atoms with Crippen molar-refractivity contribution in [1.82, 2.24) is 15.3 Å². The van der Waals surface area contributed by atoms with Crippen LogP contribution in [0.25, 0.3) is 0 Å².